The van der Waals surface area contributed by atoms with Crippen molar-refractivity contribution in [1.29, 1.82) is 0 Å². The summed E-state index contributed by atoms with van der Waals surface area (Å²) in [4.78, 5) is 9.28. The molecule has 7 rings (SSSR count). The van der Waals surface area contributed by atoms with Crippen LogP contribution in [0.2, 0.25) is 0 Å². The van der Waals surface area contributed by atoms with E-state index >= 15 is 0 Å². The van der Waals surface area contributed by atoms with Crippen molar-refractivity contribution >= 4 is 11.0 Å². The third-order valence-electron chi connectivity index (χ3n) is 8.56. The molecular weight excluding hydrogens is 494 g/mol. The van der Waals surface area contributed by atoms with Crippen LogP contribution in [0.25, 0.3) is 44.7 Å². The number of nitrogens with zero attached hydrogens (tertiary/aromatic N) is 3. The van der Waals surface area contributed by atoms with Crippen LogP contribution in [-0.4, -0.2) is 45.5 Å². The summed E-state index contributed by atoms with van der Waals surface area (Å²) in [7, 11) is 0. The second kappa shape index (κ2) is 11.0. The first-order chi connectivity index (χ1) is 19.7. The van der Waals surface area contributed by atoms with Crippen molar-refractivity contribution < 1.29 is 4.74 Å². The predicted molar refractivity (Wildman–Crippen MR) is 160 cm³/mol. The number of rotatable bonds is 5. The molecule has 4 heterocycles. The van der Waals surface area contributed by atoms with Gasteiger partial charge in [-0.05, 0) is 79.8 Å². The zero-order valence-corrected chi connectivity index (χ0v) is 23.0. The number of nitrogens with one attached hydrogen (secondary N) is 2. The molecule has 1 aliphatic carbocycles. The summed E-state index contributed by atoms with van der Waals surface area (Å²) in [6.45, 7) is 3.86. The van der Waals surface area contributed by atoms with Gasteiger partial charge in [0.1, 0.15) is 0 Å². The Bertz CT molecular complexity index is 1630. The van der Waals surface area contributed by atoms with Crippen molar-refractivity contribution in [3.63, 3.8) is 0 Å². The SMILES string of the molecule is Cc1cccnc1-c1ccc(-c2[nH]nc3ncc(-c4ccc5c(c4)CC[C@@H](NC4CCCOC4)CC5)cc23)cc1. The molecule has 1 unspecified atom stereocenters. The molecule has 1 aliphatic heterocycles. The Morgan fingerprint density at radius 2 is 1.65 bits per heavy atom. The molecule has 5 aromatic rings. The number of ether oxygens (including phenoxy) is 1. The minimum atomic E-state index is 0.507. The molecule has 2 N–H and O–H groups in total. The van der Waals surface area contributed by atoms with Crippen molar-refractivity contribution in [1.82, 2.24) is 25.5 Å². The van der Waals surface area contributed by atoms with E-state index in [0.29, 0.717) is 12.1 Å². The van der Waals surface area contributed by atoms with Gasteiger partial charge in [-0.25, -0.2) is 4.98 Å². The minimum absolute atomic E-state index is 0.507. The van der Waals surface area contributed by atoms with Gasteiger partial charge in [-0.2, -0.15) is 5.10 Å². The highest BCUT2D eigenvalue weighted by molar-refractivity contribution is 5.93. The first-order valence-corrected chi connectivity index (χ1v) is 14.5. The van der Waals surface area contributed by atoms with Crippen molar-refractivity contribution in [2.75, 3.05) is 13.2 Å². The lowest BCUT2D eigenvalue weighted by molar-refractivity contribution is 0.0656. The molecule has 0 amide bonds. The van der Waals surface area contributed by atoms with Gasteiger partial charge in [0.05, 0.1) is 18.0 Å². The number of hydrogen-bond acceptors (Lipinski definition) is 5. The van der Waals surface area contributed by atoms with Gasteiger partial charge in [-0.3, -0.25) is 10.1 Å². The minimum Gasteiger partial charge on any atom is -0.380 e. The smallest absolute Gasteiger partial charge is 0.181 e. The predicted octanol–water partition coefficient (Wildman–Crippen LogP) is 6.68. The Morgan fingerprint density at radius 3 is 2.48 bits per heavy atom. The number of aromatic nitrogens is 4. The van der Waals surface area contributed by atoms with E-state index in [1.165, 1.54) is 47.9 Å². The van der Waals surface area contributed by atoms with Crippen molar-refractivity contribution in [3.8, 4) is 33.6 Å². The fourth-order valence-corrected chi connectivity index (χ4v) is 6.32. The summed E-state index contributed by atoms with van der Waals surface area (Å²) >= 11 is 0. The molecule has 0 bridgehead atoms. The first kappa shape index (κ1) is 25.1. The van der Waals surface area contributed by atoms with Crippen LogP contribution in [0.5, 0.6) is 0 Å². The molecule has 6 nitrogen and oxygen atoms in total. The Morgan fingerprint density at radius 1 is 0.825 bits per heavy atom. The number of aryl methyl sites for hydroxylation is 3. The second-order valence-corrected chi connectivity index (χ2v) is 11.3. The lowest BCUT2D eigenvalue weighted by Gasteiger charge is -2.28. The van der Waals surface area contributed by atoms with Crippen molar-refractivity contribution in [2.24, 2.45) is 0 Å². The zero-order valence-electron chi connectivity index (χ0n) is 23.0. The van der Waals surface area contributed by atoms with Crippen LogP contribution in [0.15, 0.2) is 73.1 Å². The highest BCUT2D eigenvalue weighted by Crippen LogP contribution is 2.32. The van der Waals surface area contributed by atoms with Crippen LogP contribution in [0, 0.1) is 6.92 Å². The number of hydrogen-bond donors (Lipinski definition) is 2. The molecule has 1 fully saturated rings. The van der Waals surface area contributed by atoms with Crippen molar-refractivity contribution in [3.05, 3.63) is 89.7 Å². The number of aromatic amines is 1. The summed E-state index contributed by atoms with van der Waals surface area (Å²) in [6.07, 6.45) is 10.8. The van der Waals surface area contributed by atoms with E-state index in [-0.39, 0.29) is 0 Å². The monoisotopic (exact) mass is 529 g/mol. The molecule has 0 radical (unpaired) electrons. The van der Waals surface area contributed by atoms with E-state index in [0.717, 1.165) is 65.2 Å². The molecule has 1 saturated heterocycles. The maximum Gasteiger partial charge on any atom is 0.181 e. The van der Waals surface area contributed by atoms with Crippen LogP contribution in [0.4, 0.5) is 0 Å². The van der Waals surface area contributed by atoms with Gasteiger partial charge in [0.25, 0.3) is 0 Å². The highest BCUT2D eigenvalue weighted by atomic mass is 16.5. The lowest BCUT2D eigenvalue weighted by atomic mass is 9.96. The molecule has 2 atom stereocenters. The van der Waals surface area contributed by atoms with E-state index in [4.69, 9.17) is 9.72 Å². The van der Waals surface area contributed by atoms with E-state index < -0.39 is 0 Å². The van der Waals surface area contributed by atoms with Gasteiger partial charge < -0.3 is 10.1 Å². The van der Waals surface area contributed by atoms with Crippen LogP contribution < -0.4 is 5.32 Å². The normalized spacial score (nSPS) is 19.3. The highest BCUT2D eigenvalue weighted by Gasteiger charge is 2.22. The number of pyridine rings is 2. The molecule has 2 aromatic carbocycles. The number of benzene rings is 2. The van der Waals surface area contributed by atoms with Gasteiger partial charge >= 0.3 is 0 Å². The van der Waals surface area contributed by atoms with Crippen LogP contribution in [-0.2, 0) is 17.6 Å². The molecule has 3 aromatic heterocycles. The second-order valence-electron chi connectivity index (χ2n) is 11.3. The summed E-state index contributed by atoms with van der Waals surface area (Å²) in [6, 6.07) is 22.9. The summed E-state index contributed by atoms with van der Waals surface area (Å²) in [5.74, 6) is 0. The quantitative estimate of drug-likeness (QED) is 0.249. The molecule has 202 valence electrons. The zero-order chi connectivity index (χ0) is 26.9. The van der Waals surface area contributed by atoms with Crippen LogP contribution >= 0.6 is 0 Å². The average Bonchev–Trinajstić information content (AvgIpc) is 3.32. The van der Waals surface area contributed by atoms with E-state index in [2.05, 4.69) is 82.0 Å². The molecular formula is C34H35N5O. The maximum absolute atomic E-state index is 5.69. The standard InChI is InChI=1S/C34H35N5O/c1-22-4-2-16-35-32(22)24-7-9-25(10-8-24)33-31-19-28(20-36-34(31)39-38-33)27-11-6-23-12-14-29(15-13-26(23)18-27)37-30-5-3-17-40-21-30/h2,4,6-11,16,18-20,29-30,37H,3,5,12-15,17,21H2,1H3,(H,36,38,39)/t29-,30?/m0/s1. The van der Waals surface area contributed by atoms with E-state index in [1.54, 1.807) is 0 Å². The Kier molecular flexibility index (Phi) is 6.88. The fraction of sp³-hybridized carbons (Fsp3) is 0.324. The van der Waals surface area contributed by atoms with Gasteiger partial charge in [-0.15, -0.1) is 0 Å². The molecule has 6 heteroatoms. The average molecular weight is 530 g/mol. The lowest BCUT2D eigenvalue weighted by Crippen LogP contribution is -2.43. The molecule has 2 aliphatic rings. The Balaban J connectivity index is 1.13. The Hall–Kier alpha value is -3.87. The van der Waals surface area contributed by atoms with E-state index in [9.17, 15) is 0 Å². The molecule has 0 spiro atoms. The maximum atomic E-state index is 5.69. The van der Waals surface area contributed by atoms with Gasteiger partial charge in [0.15, 0.2) is 5.65 Å². The van der Waals surface area contributed by atoms with Gasteiger partial charge in [-0.1, -0.05) is 48.5 Å². The largest absolute Gasteiger partial charge is 0.380 e. The number of H-pyrrole nitrogens is 1. The third kappa shape index (κ3) is 5.05. The number of fused-ring (bicyclic) bond motifs is 2. The van der Waals surface area contributed by atoms with Crippen molar-refractivity contribution in [2.45, 2.75) is 57.5 Å². The molecule has 40 heavy (non-hydrogen) atoms. The van der Waals surface area contributed by atoms with Crippen LogP contribution in [0.3, 0.4) is 0 Å². The summed E-state index contributed by atoms with van der Waals surface area (Å²) in [5, 5.41) is 12.7. The Labute approximate surface area is 235 Å². The van der Waals surface area contributed by atoms with Crippen LogP contribution in [0.1, 0.15) is 42.4 Å². The summed E-state index contributed by atoms with van der Waals surface area (Å²) in [5.41, 5.74) is 11.4. The molecule has 0 saturated carbocycles. The third-order valence-corrected chi connectivity index (χ3v) is 8.56. The summed E-state index contributed by atoms with van der Waals surface area (Å²) < 4.78 is 5.69. The topological polar surface area (TPSA) is 75.7 Å². The fourth-order valence-electron chi connectivity index (χ4n) is 6.32. The van der Waals surface area contributed by atoms with Gasteiger partial charge in [0, 0.05) is 53.2 Å². The first-order valence-electron chi connectivity index (χ1n) is 14.5. The van der Waals surface area contributed by atoms with E-state index in [1.807, 2.05) is 18.5 Å². The van der Waals surface area contributed by atoms with Gasteiger partial charge in [0.2, 0.25) is 0 Å².